The first kappa shape index (κ1) is 19.0. The number of non-ortho nitro benzene ring substituents is 1. The third kappa shape index (κ3) is 3.34. The molecule has 3 aromatic carbocycles. The van der Waals surface area contributed by atoms with E-state index in [-0.39, 0.29) is 28.9 Å². The van der Waals surface area contributed by atoms with E-state index < -0.39 is 4.92 Å². The summed E-state index contributed by atoms with van der Waals surface area (Å²) in [6.45, 7) is 1.93. The fourth-order valence-corrected chi connectivity index (χ4v) is 4.77. The molecule has 0 bridgehead atoms. The Morgan fingerprint density at radius 1 is 1.00 bits per heavy atom. The van der Waals surface area contributed by atoms with Crippen molar-refractivity contribution in [2.45, 2.75) is 29.1 Å². The highest BCUT2D eigenvalue weighted by Gasteiger charge is 2.30. The highest BCUT2D eigenvalue weighted by Crippen LogP contribution is 2.46. The number of rotatable bonds is 3. The summed E-state index contributed by atoms with van der Waals surface area (Å²) >= 11 is 1.34. The number of hydrogen-bond acceptors (Lipinski definition) is 6. The zero-order valence-corrected chi connectivity index (χ0v) is 16.3. The monoisotopic (exact) mass is 407 g/mol. The van der Waals surface area contributed by atoms with Crippen molar-refractivity contribution in [3.05, 3.63) is 75.8 Å². The van der Waals surface area contributed by atoms with Gasteiger partial charge >= 0.3 is 0 Å². The number of phenolic OH excluding ortho intramolecular Hbond substituents is 2. The number of Topliss-reactive ketones (excluding diaryl/α,β-unsaturated/α-hetero) is 1. The first-order valence-electron chi connectivity index (χ1n) is 9.06. The van der Waals surface area contributed by atoms with Crippen LogP contribution in [0.5, 0.6) is 11.5 Å². The third-order valence-corrected chi connectivity index (χ3v) is 6.20. The lowest BCUT2D eigenvalue weighted by Gasteiger charge is -2.15. The molecule has 0 saturated carbocycles. The molecule has 29 heavy (non-hydrogen) atoms. The second-order valence-electron chi connectivity index (χ2n) is 6.82. The molecule has 0 radical (unpaired) electrons. The molecule has 0 amide bonds. The SMILES string of the molecule is CCC1C(=O)c2cc(O)c(O)cc2Sc2cc(-c3cccc([N+](=O)[O-])c3)ccc21. The van der Waals surface area contributed by atoms with Crippen molar-refractivity contribution in [1.82, 2.24) is 0 Å². The normalized spacial score (nSPS) is 15.3. The highest BCUT2D eigenvalue weighted by atomic mass is 32.2. The average molecular weight is 407 g/mol. The Labute approximate surface area is 171 Å². The van der Waals surface area contributed by atoms with Crippen molar-refractivity contribution < 1.29 is 19.9 Å². The van der Waals surface area contributed by atoms with E-state index in [1.54, 1.807) is 12.1 Å². The van der Waals surface area contributed by atoms with Crippen molar-refractivity contribution in [3.8, 4) is 22.6 Å². The lowest BCUT2D eigenvalue weighted by molar-refractivity contribution is -0.384. The van der Waals surface area contributed by atoms with Crippen LogP contribution in [0, 0.1) is 10.1 Å². The molecule has 1 atom stereocenters. The second-order valence-corrected chi connectivity index (χ2v) is 7.91. The number of carbonyl (C=O) groups is 1. The Hall–Kier alpha value is -3.32. The molecule has 0 saturated heterocycles. The standard InChI is InChI=1S/C22H17NO5S/c1-2-15-16-7-6-13(12-4-3-5-14(8-12)23(27)28)9-20(16)29-21-11-19(25)18(24)10-17(21)22(15)26/h3-11,15,24-25H,2H2,1H3. The van der Waals surface area contributed by atoms with Gasteiger partial charge < -0.3 is 10.2 Å². The quantitative estimate of drug-likeness (QED) is 0.337. The molecule has 0 aromatic heterocycles. The number of carbonyl (C=O) groups excluding carboxylic acids is 1. The minimum atomic E-state index is -0.432. The molecule has 7 heteroatoms. The van der Waals surface area contributed by atoms with E-state index in [2.05, 4.69) is 0 Å². The van der Waals surface area contributed by atoms with Gasteiger partial charge in [-0.25, -0.2) is 0 Å². The Morgan fingerprint density at radius 2 is 1.72 bits per heavy atom. The van der Waals surface area contributed by atoms with E-state index in [0.29, 0.717) is 22.4 Å². The fraction of sp³-hybridized carbons (Fsp3) is 0.136. The summed E-state index contributed by atoms with van der Waals surface area (Å²) in [6, 6.07) is 14.8. The van der Waals surface area contributed by atoms with Gasteiger partial charge in [0, 0.05) is 33.4 Å². The van der Waals surface area contributed by atoms with Gasteiger partial charge in [-0.15, -0.1) is 0 Å². The van der Waals surface area contributed by atoms with Crippen molar-refractivity contribution >= 4 is 23.2 Å². The first-order valence-corrected chi connectivity index (χ1v) is 9.87. The topological polar surface area (TPSA) is 101 Å². The van der Waals surface area contributed by atoms with Crippen LogP contribution in [0.15, 0.2) is 64.4 Å². The van der Waals surface area contributed by atoms with Gasteiger partial charge in [0.2, 0.25) is 0 Å². The molecule has 4 rings (SSSR count). The van der Waals surface area contributed by atoms with Gasteiger partial charge in [-0.2, -0.15) is 0 Å². The second kappa shape index (κ2) is 7.25. The van der Waals surface area contributed by atoms with Crippen LogP contribution < -0.4 is 0 Å². The smallest absolute Gasteiger partial charge is 0.270 e. The van der Waals surface area contributed by atoms with Crippen LogP contribution in [-0.4, -0.2) is 20.9 Å². The van der Waals surface area contributed by atoms with E-state index >= 15 is 0 Å². The molecular weight excluding hydrogens is 390 g/mol. The maximum Gasteiger partial charge on any atom is 0.270 e. The van der Waals surface area contributed by atoms with Gasteiger partial charge in [0.25, 0.3) is 5.69 Å². The van der Waals surface area contributed by atoms with E-state index in [4.69, 9.17) is 0 Å². The van der Waals surface area contributed by atoms with Gasteiger partial charge in [0.15, 0.2) is 17.3 Å². The highest BCUT2D eigenvalue weighted by molar-refractivity contribution is 7.99. The van der Waals surface area contributed by atoms with Crippen LogP contribution in [0.25, 0.3) is 11.1 Å². The molecule has 2 N–H and O–H groups in total. The van der Waals surface area contributed by atoms with Crippen LogP contribution in [0.4, 0.5) is 5.69 Å². The summed E-state index contributed by atoms with van der Waals surface area (Å²) < 4.78 is 0. The molecule has 0 fully saturated rings. The van der Waals surface area contributed by atoms with Gasteiger partial charge in [0.05, 0.1) is 4.92 Å². The number of nitrogens with zero attached hydrogens (tertiary/aromatic N) is 1. The van der Waals surface area contributed by atoms with Crippen LogP contribution in [0.1, 0.15) is 35.2 Å². The Kier molecular flexibility index (Phi) is 4.76. The minimum absolute atomic E-state index is 0.0115. The summed E-state index contributed by atoms with van der Waals surface area (Å²) in [5.74, 6) is -1.08. The summed E-state index contributed by atoms with van der Waals surface area (Å²) in [6.07, 6.45) is 0.587. The molecule has 1 aliphatic rings. The number of fused-ring (bicyclic) bond motifs is 2. The molecular formula is C22H17NO5S. The first-order chi connectivity index (χ1) is 13.9. The van der Waals surface area contributed by atoms with Crippen molar-refractivity contribution in [2.75, 3.05) is 0 Å². The molecule has 1 aliphatic heterocycles. The Balaban J connectivity index is 1.86. The molecule has 1 heterocycles. The largest absolute Gasteiger partial charge is 0.504 e. The molecule has 0 spiro atoms. The summed E-state index contributed by atoms with van der Waals surface area (Å²) in [7, 11) is 0. The van der Waals surface area contributed by atoms with Crippen LogP contribution in [0.3, 0.4) is 0 Å². The van der Waals surface area contributed by atoms with Crippen molar-refractivity contribution in [2.24, 2.45) is 0 Å². The van der Waals surface area contributed by atoms with Crippen molar-refractivity contribution in [1.29, 1.82) is 0 Å². The summed E-state index contributed by atoms with van der Waals surface area (Å²) in [5, 5.41) is 30.9. The number of phenols is 2. The number of ketones is 1. The van der Waals surface area contributed by atoms with Gasteiger partial charge in [-0.05, 0) is 41.3 Å². The number of aromatic hydroxyl groups is 2. The zero-order chi connectivity index (χ0) is 20.7. The van der Waals surface area contributed by atoms with Crippen LogP contribution in [-0.2, 0) is 0 Å². The molecule has 6 nitrogen and oxygen atoms in total. The zero-order valence-electron chi connectivity index (χ0n) is 15.5. The lowest BCUT2D eigenvalue weighted by atomic mass is 9.87. The van der Waals surface area contributed by atoms with Crippen molar-refractivity contribution in [3.63, 3.8) is 0 Å². The summed E-state index contributed by atoms with van der Waals surface area (Å²) in [4.78, 5) is 25.2. The van der Waals surface area contributed by atoms with Crippen LogP contribution >= 0.6 is 11.8 Å². The predicted molar refractivity (Wildman–Crippen MR) is 110 cm³/mol. The fourth-order valence-electron chi connectivity index (χ4n) is 3.58. The molecule has 0 aliphatic carbocycles. The maximum absolute atomic E-state index is 13.1. The van der Waals surface area contributed by atoms with E-state index in [1.807, 2.05) is 25.1 Å². The van der Waals surface area contributed by atoms with Crippen LogP contribution in [0.2, 0.25) is 0 Å². The van der Waals surface area contributed by atoms with E-state index in [1.165, 1.54) is 36.0 Å². The van der Waals surface area contributed by atoms with E-state index in [9.17, 15) is 25.1 Å². The molecule has 1 unspecified atom stereocenters. The van der Waals surface area contributed by atoms with E-state index in [0.717, 1.165) is 16.0 Å². The Bertz CT molecular complexity index is 1160. The third-order valence-electron chi connectivity index (χ3n) is 5.07. The summed E-state index contributed by atoms with van der Waals surface area (Å²) in [5.41, 5.74) is 2.77. The molecule has 146 valence electrons. The maximum atomic E-state index is 13.1. The number of nitro benzene ring substituents is 1. The number of nitro groups is 1. The van der Waals surface area contributed by atoms with Gasteiger partial charge in [-0.3, -0.25) is 14.9 Å². The number of hydrogen-bond donors (Lipinski definition) is 2. The average Bonchev–Trinajstić information content (AvgIpc) is 2.82. The number of benzene rings is 3. The minimum Gasteiger partial charge on any atom is -0.504 e. The Morgan fingerprint density at radius 3 is 2.45 bits per heavy atom. The lowest BCUT2D eigenvalue weighted by Crippen LogP contribution is -2.12. The molecule has 3 aromatic rings. The predicted octanol–water partition coefficient (Wildman–Crippen LogP) is 5.51. The van der Waals surface area contributed by atoms with Gasteiger partial charge in [0.1, 0.15) is 0 Å². The van der Waals surface area contributed by atoms with Gasteiger partial charge in [-0.1, -0.05) is 43.0 Å².